The molecule has 2 aliphatic rings. The molecule has 2 aromatic rings. The minimum Gasteiger partial charge on any atom is -0.452 e. The second kappa shape index (κ2) is 8.50. The van der Waals surface area contributed by atoms with Gasteiger partial charge >= 0.3 is 5.97 Å². The Kier molecular flexibility index (Phi) is 5.90. The molecule has 1 heterocycles. The van der Waals surface area contributed by atoms with Gasteiger partial charge in [0, 0.05) is 17.2 Å². The Morgan fingerprint density at radius 3 is 2.53 bits per heavy atom. The lowest BCUT2D eigenvalue weighted by molar-refractivity contribution is -0.125. The fourth-order valence-electron chi connectivity index (χ4n) is 4.46. The number of esters is 1. The molecular formula is C24H25NO6S. The van der Waals surface area contributed by atoms with Crippen LogP contribution in [0.5, 0.6) is 0 Å². The number of carbonyl (C=O) groups excluding carboxylic acids is 3. The van der Waals surface area contributed by atoms with Crippen molar-refractivity contribution < 1.29 is 27.5 Å². The molecule has 8 heteroatoms. The Bertz CT molecular complexity index is 1200. The number of ketones is 1. The average Bonchev–Trinajstić information content (AvgIpc) is 2.79. The van der Waals surface area contributed by atoms with Crippen LogP contribution in [0.25, 0.3) is 0 Å². The summed E-state index contributed by atoms with van der Waals surface area (Å²) in [6.45, 7) is 3.81. The maximum Gasteiger partial charge on any atom is 0.338 e. The highest BCUT2D eigenvalue weighted by Gasteiger charge is 2.35. The number of ether oxygens (including phenoxy) is 1. The Morgan fingerprint density at radius 1 is 1.03 bits per heavy atom. The van der Waals surface area contributed by atoms with Crippen LogP contribution in [0.2, 0.25) is 0 Å². The summed E-state index contributed by atoms with van der Waals surface area (Å²) < 4.78 is 31.1. The average molecular weight is 456 g/mol. The third-order valence-electron chi connectivity index (χ3n) is 6.56. The molecule has 7 nitrogen and oxygen atoms in total. The number of fused-ring (bicyclic) bond motifs is 2. The lowest BCUT2D eigenvalue weighted by Gasteiger charge is -2.34. The van der Waals surface area contributed by atoms with Crippen LogP contribution in [-0.4, -0.2) is 38.7 Å². The van der Waals surface area contributed by atoms with Crippen molar-refractivity contribution in [3.63, 3.8) is 0 Å². The number of benzene rings is 2. The van der Waals surface area contributed by atoms with Gasteiger partial charge in [-0.2, -0.15) is 0 Å². The van der Waals surface area contributed by atoms with Crippen LogP contribution in [0.4, 0.5) is 0 Å². The summed E-state index contributed by atoms with van der Waals surface area (Å²) in [5, 5.41) is 2.93. The van der Waals surface area contributed by atoms with Crippen molar-refractivity contribution in [2.45, 2.75) is 48.9 Å². The van der Waals surface area contributed by atoms with Crippen LogP contribution in [0.15, 0.2) is 52.3 Å². The second-order valence-electron chi connectivity index (χ2n) is 8.56. The molecule has 168 valence electrons. The van der Waals surface area contributed by atoms with E-state index in [0.29, 0.717) is 11.8 Å². The number of amides is 1. The van der Waals surface area contributed by atoms with Crippen molar-refractivity contribution >= 4 is 27.5 Å². The summed E-state index contributed by atoms with van der Waals surface area (Å²) in [6, 6.07) is 9.81. The molecule has 0 aromatic heterocycles. The topological polar surface area (TPSA) is 107 Å². The highest BCUT2D eigenvalue weighted by atomic mass is 32.2. The standard InChI is InChI=1S/C24H25NO6S/c1-14-6-5-8-19(15(14)2)25-22(26)13-31-24(28)16-10-11-18-21(12-16)32(29,30)20-9-4-3-7-17(20)23(18)27/h3-4,7,9-12,14-15,19H,5-6,8,13H2,1-2H3,(H,25,26)/t14-,15+,19-/m0/s1. The fraction of sp³-hybridized carbons (Fsp3) is 0.375. The van der Waals surface area contributed by atoms with Crippen molar-refractivity contribution in [3.8, 4) is 0 Å². The number of hydrogen-bond donors (Lipinski definition) is 1. The minimum absolute atomic E-state index is 0.0124. The van der Waals surface area contributed by atoms with Crippen LogP contribution >= 0.6 is 0 Å². The maximum absolute atomic E-state index is 13.0. The number of carbonyl (C=O) groups is 3. The lowest BCUT2D eigenvalue weighted by Crippen LogP contribution is -2.45. The second-order valence-corrected chi connectivity index (χ2v) is 10.4. The molecular weight excluding hydrogens is 430 g/mol. The van der Waals surface area contributed by atoms with E-state index in [9.17, 15) is 22.8 Å². The first-order valence-electron chi connectivity index (χ1n) is 10.7. The molecule has 1 aliphatic carbocycles. The molecule has 3 atom stereocenters. The van der Waals surface area contributed by atoms with E-state index < -0.39 is 28.2 Å². The van der Waals surface area contributed by atoms with Gasteiger partial charge in [0.15, 0.2) is 12.4 Å². The number of nitrogens with one attached hydrogen (secondary N) is 1. The summed E-state index contributed by atoms with van der Waals surface area (Å²) in [5.74, 6) is -0.773. The van der Waals surface area contributed by atoms with Gasteiger partial charge in [-0.25, -0.2) is 13.2 Å². The van der Waals surface area contributed by atoms with Crippen molar-refractivity contribution in [2.24, 2.45) is 11.8 Å². The highest BCUT2D eigenvalue weighted by molar-refractivity contribution is 7.91. The van der Waals surface area contributed by atoms with Crippen molar-refractivity contribution in [1.29, 1.82) is 0 Å². The summed E-state index contributed by atoms with van der Waals surface area (Å²) in [6.07, 6.45) is 3.07. The third kappa shape index (κ3) is 3.95. The predicted molar refractivity (Wildman–Crippen MR) is 116 cm³/mol. The molecule has 1 saturated carbocycles. The van der Waals surface area contributed by atoms with E-state index in [4.69, 9.17) is 4.74 Å². The van der Waals surface area contributed by atoms with E-state index in [0.717, 1.165) is 25.3 Å². The molecule has 0 saturated heterocycles. The van der Waals surface area contributed by atoms with Crippen LogP contribution in [0.3, 0.4) is 0 Å². The predicted octanol–water partition coefficient (Wildman–Crippen LogP) is 3.16. The van der Waals surface area contributed by atoms with E-state index in [-0.39, 0.29) is 38.4 Å². The number of hydrogen-bond acceptors (Lipinski definition) is 6. The normalized spacial score (nSPS) is 23.6. The molecule has 1 fully saturated rings. The summed E-state index contributed by atoms with van der Waals surface area (Å²) in [5.41, 5.74) is 0.0867. The Balaban J connectivity index is 1.47. The number of sulfone groups is 1. The summed E-state index contributed by atoms with van der Waals surface area (Å²) in [4.78, 5) is 37.2. The van der Waals surface area contributed by atoms with E-state index in [1.54, 1.807) is 12.1 Å². The first kappa shape index (κ1) is 22.2. The molecule has 0 spiro atoms. The Morgan fingerprint density at radius 2 is 1.75 bits per heavy atom. The smallest absolute Gasteiger partial charge is 0.338 e. The first-order chi connectivity index (χ1) is 15.2. The van der Waals surface area contributed by atoms with Gasteiger partial charge in [0.05, 0.1) is 15.4 Å². The molecule has 1 N–H and O–H groups in total. The number of rotatable bonds is 4. The maximum atomic E-state index is 13.0. The van der Waals surface area contributed by atoms with Crippen molar-refractivity contribution in [3.05, 3.63) is 59.2 Å². The zero-order chi connectivity index (χ0) is 23.0. The van der Waals surface area contributed by atoms with E-state index in [1.807, 2.05) is 0 Å². The van der Waals surface area contributed by atoms with E-state index >= 15 is 0 Å². The molecule has 0 unspecified atom stereocenters. The van der Waals surface area contributed by atoms with Crippen LogP contribution in [0, 0.1) is 11.8 Å². The SMILES string of the molecule is C[C@H]1[C@@H](NC(=O)COC(=O)c2ccc3c(c2)S(=O)(=O)c2ccccc2C3=O)CCC[C@@H]1C. The zero-order valence-electron chi connectivity index (χ0n) is 18.0. The van der Waals surface area contributed by atoms with Gasteiger partial charge in [-0.15, -0.1) is 0 Å². The van der Waals surface area contributed by atoms with Gasteiger partial charge < -0.3 is 10.1 Å². The molecule has 1 amide bonds. The lowest BCUT2D eigenvalue weighted by atomic mass is 9.78. The largest absolute Gasteiger partial charge is 0.452 e. The van der Waals surface area contributed by atoms with Crippen LogP contribution in [-0.2, 0) is 19.4 Å². The molecule has 4 rings (SSSR count). The first-order valence-corrected chi connectivity index (χ1v) is 12.2. The molecule has 0 radical (unpaired) electrons. The molecule has 2 aromatic carbocycles. The minimum atomic E-state index is -3.96. The summed E-state index contributed by atoms with van der Waals surface area (Å²) >= 11 is 0. The van der Waals surface area contributed by atoms with E-state index in [1.165, 1.54) is 24.3 Å². The Labute approximate surface area is 187 Å². The Hall–Kier alpha value is -3.00. The quantitative estimate of drug-likeness (QED) is 0.606. The summed E-state index contributed by atoms with van der Waals surface area (Å²) in [7, 11) is -3.96. The monoisotopic (exact) mass is 455 g/mol. The van der Waals surface area contributed by atoms with Gasteiger partial charge in [0.25, 0.3) is 5.91 Å². The van der Waals surface area contributed by atoms with E-state index in [2.05, 4.69) is 19.2 Å². The van der Waals surface area contributed by atoms with Gasteiger partial charge in [-0.3, -0.25) is 9.59 Å². The van der Waals surface area contributed by atoms with Crippen LogP contribution < -0.4 is 5.32 Å². The fourth-order valence-corrected chi connectivity index (χ4v) is 6.14. The van der Waals surface area contributed by atoms with Crippen molar-refractivity contribution in [2.75, 3.05) is 6.61 Å². The van der Waals surface area contributed by atoms with Gasteiger partial charge in [0.1, 0.15) is 0 Å². The molecule has 0 bridgehead atoms. The highest BCUT2D eigenvalue weighted by Crippen LogP contribution is 2.35. The van der Waals surface area contributed by atoms with Crippen molar-refractivity contribution in [1.82, 2.24) is 5.32 Å². The zero-order valence-corrected chi connectivity index (χ0v) is 18.8. The van der Waals surface area contributed by atoms with Gasteiger partial charge in [-0.1, -0.05) is 38.8 Å². The molecule has 1 aliphatic heterocycles. The van der Waals surface area contributed by atoms with Gasteiger partial charge in [0.2, 0.25) is 9.84 Å². The van der Waals surface area contributed by atoms with Crippen LogP contribution in [0.1, 0.15) is 59.4 Å². The van der Waals surface area contributed by atoms with Gasteiger partial charge in [-0.05, 0) is 48.6 Å². The third-order valence-corrected chi connectivity index (χ3v) is 8.41. The molecule has 32 heavy (non-hydrogen) atoms.